The molecule has 0 aliphatic carbocycles. The van der Waals surface area contributed by atoms with Gasteiger partial charge in [-0.1, -0.05) is 13.0 Å². The summed E-state index contributed by atoms with van der Waals surface area (Å²) in [5.41, 5.74) is 1.05. The summed E-state index contributed by atoms with van der Waals surface area (Å²) < 4.78 is 5.80. The van der Waals surface area contributed by atoms with Crippen LogP contribution in [0.3, 0.4) is 0 Å². The van der Waals surface area contributed by atoms with Crippen LogP contribution >= 0.6 is 0 Å². The first-order chi connectivity index (χ1) is 13.8. The first-order valence-corrected chi connectivity index (χ1v) is 9.32. The molecule has 0 radical (unpaired) electrons. The second kappa shape index (κ2) is 9.60. The number of hydrogen-bond acceptors (Lipinski definition) is 5. The zero-order valence-electron chi connectivity index (χ0n) is 16.8. The van der Waals surface area contributed by atoms with E-state index in [0.29, 0.717) is 29.1 Å². The molecule has 3 N–H and O–H groups in total. The minimum Gasteiger partial charge on any atom is -0.491 e. The Hall–Kier alpha value is -3.53. The number of hydrogen-bond donors (Lipinski definition) is 3. The van der Waals surface area contributed by atoms with Gasteiger partial charge in [0.15, 0.2) is 5.54 Å². The first-order valence-electron chi connectivity index (χ1n) is 9.32. The summed E-state index contributed by atoms with van der Waals surface area (Å²) >= 11 is 0. The molecule has 152 valence electrons. The van der Waals surface area contributed by atoms with Crippen molar-refractivity contribution in [3.8, 4) is 11.8 Å². The number of carbonyl (C=O) groups excluding carboxylic acids is 1. The van der Waals surface area contributed by atoms with Gasteiger partial charge in [0, 0.05) is 18.2 Å². The number of rotatable bonds is 9. The smallest absolute Gasteiger partial charge is 0.333 e. The number of benzene rings is 2. The second-order valence-electron chi connectivity index (χ2n) is 6.76. The Kier molecular flexibility index (Phi) is 7.21. The van der Waals surface area contributed by atoms with E-state index in [2.05, 4.69) is 10.6 Å². The van der Waals surface area contributed by atoms with Crippen LogP contribution in [0.2, 0.25) is 0 Å². The summed E-state index contributed by atoms with van der Waals surface area (Å²) in [7, 11) is 0. The Morgan fingerprint density at radius 2 is 1.90 bits per heavy atom. The summed E-state index contributed by atoms with van der Waals surface area (Å²) in [6.45, 7) is 5.51. The molecule has 0 saturated heterocycles. The van der Waals surface area contributed by atoms with E-state index in [1.54, 1.807) is 37.3 Å². The molecule has 0 bridgehead atoms. The van der Waals surface area contributed by atoms with E-state index in [0.717, 1.165) is 12.0 Å². The van der Waals surface area contributed by atoms with Gasteiger partial charge in [-0.3, -0.25) is 4.79 Å². The van der Waals surface area contributed by atoms with Crippen LogP contribution in [0.4, 0.5) is 5.69 Å². The average Bonchev–Trinajstić information content (AvgIpc) is 2.71. The molecular formula is C22H25N3O4. The quantitative estimate of drug-likeness (QED) is 0.563. The first kappa shape index (κ1) is 21.8. The van der Waals surface area contributed by atoms with Gasteiger partial charge in [0.25, 0.3) is 0 Å². The molecule has 7 heteroatoms. The summed E-state index contributed by atoms with van der Waals surface area (Å²) in [6.07, 6.45) is 0.742. The van der Waals surface area contributed by atoms with Gasteiger partial charge in [-0.05, 0) is 55.3 Å². The van der Waals surface area contributed by atoms with E-state index in [4.69, 9.17) is 10.00 Å². The average molecular weight is 395 g/mol. The molecule has 0 spiro atoms. The monoisotopic (exact) mass is 395 g/mol. The standard InChI is InChI=1S/C22H25N3O4/c1-4-16-7-10-20(29-12-11-24-15(2)26)19(13-16)22(3,21(27)28)25-18-8-5-17(14-23)6-9-18/h5-10,13,25H,4,11-12H2,1-3H3,(H,24,26)(H,27,28). The Morgan fingerprint density at radius 1 is 1.21 bits per heavy atom. The van der Waals surface area contributed by atoms with Crippen LogP contribution in [0.15, 0.2) is 42.5 Å². The molecule has 0 aromatic heterocycles. The molecule has 2 rings (SSSR count). The summed E-state index contributed by atoms with van der Waals surface area (Å²) in [5.74, 6) is -0.798. The van der Waals surface area contributed by atoms with Crippen molar-refractivity contribution in [2.75, 3.05) is 18.5 Å². The lowest BCUT2D eigenvalue weighted by Crippen LogP contribution is -2.41. The van der Waals surface area contributed by atoms with E-state index < -0.39 is 11.5 Å². The number of carboxylic acid groups (broad SMARTS) is 1. The highest BCUT2D eigenvalue weighted by Gasteiger charge is 2.38. The second-order valence-corrected chi connectivity index (χ2v) is 6.76. The van der Waals surface area contributed by atoms with Gasteiger partial charge < -0.3 is 20.5 Å². The number of anilines is 1. The predicted octanol–water partition coefficient (Wildman–Crippen LogP) is 3.05. The van der Waals surface area contributed by atoms with Crippen LogP contribution in [0.1, 0.15) is 37.5 Å². The van der Waals surface area contributed by atoms with Crippen LogP contribution in [-0.4, -0.2) is 30.1 Å². The number of carboxylic acids is 1. The molecule has 0 heterocycles. The highest BCUT2D eigenvalue weighted by molar-refractivity contribution is 5.85. The van der Waals surface area contributed by atoms with Crippen molar-refractivity contribution in [2.45, 2.75) is 32.7 Å². The highest BCUT2D eigenvalue weighted by Crippen LogP contribution is 2.34. The van der Waals surface area contributed by atoms with Crippen molar-refractivity contribution in [3.63, 3.8) is 0 Å². The number of aliphatic carboxylic acids is 1. The SMILES string of the molecule is CCc1ccc(OCCNC(C)=O)c(C(C)(Nc2ccc(C#N)cc2)C(=O)O)c1. The number of nitriles is 1. The molecule has 1 amide bonds. The Morgan fingerprint density at radius 3 is 2.45 bits per heavy atom. The largest absolute Gasteiger partial charge is 0.491 e. The topological polar surface area (TPSA) is 111 Å². The number of amides is 1. The molecule has 2 aromatic rings. The van der Waals surface area contributed by atoms with Crippen molar-refractivity contribution in [1.82, 2.24) is 5.32 Å². The third-order valence-corrected chi connectivity index (χ3v) is 4.56. The summed E-state index contributed by atoms with van der Waals surface area (Å²) in [6, 6.07) is 14.1. The zero-order valence-corrected chi connectivity index (χ0v) is 16.8. The predicted molar refractivity (Wildman–Crippen MR) is 110 cm³/mol. The Bertz CT molecular complexity index is 919. The Balaban J connectivity index is 2.39. The van der Waals surface area contributed by atoms with Gasteiger partial charge in [-0.15, -0.1) is 0 Å². The van der Waals surface area contributed by atoms with Crippen molar-refractivity contribution in [2.24, 2.45) is 0 Å². The maximum absolute atomic E-state index is 12.3. The van der Waals surface area contributed by atoms with Gasteiger partial charge in [-0.25, -0.2) is 4.79 Å². The summed E-state index contributed by atoms with van der Waals surface area (Å²) in [4.78, 5) is 23.3. The summed E-state index contributed by atoms with van der Waals surface area (Å²) in [5, 5.41) is 24.7. The third-order valence-electron chi connectivity index (χ3n) is 4.56. The molecule has 1 atom stereocenters. The van der Waals surface area contributed by atoms with Crippen molar-refractivity contribution >= 4 is 17.6 Å². The highest BCUT2D eigenvalue weighted by atomic mass is 16.5. The number of carbonyl (C=O) groups is 2. The molecule has 2 aromatic carbocycles. The van der Waals surface area contributed by atoms with Crippen molar-refractivity contribution < 1.29 is 19.4 Å². The van der Waals surface area contributed by atoms with Crippen LogP contribution in [0.5, 0.6) is 5.75 Å². The fraction of sp³-hybridized carbons (Fsp3) is 0.318. The lowest BCUT2D eigenvalue weighted by atomic mass is 9.89. The zero-order chi connectivity index (χ0) is 21.4. The van der Waals surface area contributed by atoms with Crippen LogP contribution in [0, 0.1) is 11.3 Å². The van der Waals surface area contributed by atoms with Gasteiger partial charge >= 0.3 is 5.97 Å². The lowest BCUT2D eigenvalue weighted by Gasteiger charge is -2.30. The number of aryl methyl sites for hydroxylation is 1. The fourth-order valence-corrected chi connectivity index (χ4v) is 2.85. The minimum atomic E-state index is -1.47. The normalized spacial score (nSPS) is 12.3. The third kappa shape index (κ3) is 5.48. The van der Waals surface area contributed by atoms with Crippen molar-refractivity contribution in [1.29, 1.82) is 5.26 Å². The van der Waals surface area contributed by atoms with Crippen LogP contribution in [0.25, 0.3) is 0 Å². The molecule has 7 nitrogen and oxygen atoms in total. The number of ether oxygens (including phenoxy) is 1. The maximum Gasteiger partial charge on any atom is 0.333 e. The van der Waals surface area contributed by atoms with Crippen molar-refractivity contribution in [3.05, 3.63) is 59.2 Å². The van der Waals surface area contributed by atoms with Gasteiger partial charge in [0.05, 0.1) is 18.2 Å². The van der Waals surface area contributed by atoms with Gasteiger partial charge in [-0.2, -0.15) is 5.26 Å². The lowest BCUT2D eigenvalue weighted by molar-refractivity contribution is -0.142. The Labute approximate surface area is 170 Å². The molecule has 0 fully saturated rings. The van der Waals surface area contributed by atoms with Gasteiger partial charge in [0.2, 0.25) is 5.91 Å². The maximum atomic E-state index is 12.3. The van der Waals surface area contributed by atoms with E-state index in [9.17, 15) is 14.7 Å². The molecule has 1 unspecified atom stereocenters. The van der Waals surface area contributed by atoms with E-state index >= 15 is 0 Å². The minimum absolute atomic E-state index is 0.159. The van der Waals surface area contributed by atoms with Gasteiger partial charge in [0.1, 0.15) is 12.4 Å². The van der Waals surface area contributed by atoms with E-state index in [1.807, 2.05) is 25.1 Å². The fourth-order valence-electron chi connectivity index (χ4n) is 2.85. The molecule has 0 aliphatic rings. The van der Waals surface area contributed by atoms with Crippen LogP contribution < -0.4 is 15.4 Å². The van der Waals surface area contributed by atoms with Crippen LogP contribution in [-0.2, 0) is 21.5 Å². The number of nitrogens with one attached hydrogen (secondary N) is 2. The van der Waals surface area contributed by atoms with E-state index in [-0.39, 0.29) is 12.5 Å². The van der Waals surface area contributed by atoms with E-state index in [1.165, 1.54) is 6.92 Å². The number of nitrogens with zero attached hydrogens (tertiary/aromatic N) is 1. The molecule has 0 aliphatic heterocycles. The molecule has 29 heavy (non-hydrogen) atoms. The molecular weight excluding hydrogens is 370 g/mol. The molecule has 0 saturated carbocycles.